The molecule has 84 valence electrons. The van der Waals surface area contributed by atoms with Gasteiger partial charge in [0.25, 0.3) is 0 Å². The van der Waals surface area contributed by atoms with E-state index in [1.54, 1.807) is 0 Å². The van der Waals surface area contributed by atoms with Crippen LogP contribution in [0.15, 0.2) is 18.2 Å². The molecule has 1 rings (SSSR count). The highest BCUT2D eigenvalue weighted by atomic mass is 19.4. The Labute approximate surface area is 83.6 Å². The fourth-order valence-electron chi connectivity index (χ4n) is 0.991. The summed E-state index contributed by atoms with van der Waals surface area (Å²) >= 11 is 0. The fourth-order valence-corrected chi connectivity index (χ4v) is 0.991. The van der Waals surface area contributed by atoms with Crippen LogP contribution in [0, 0.1) is 5.82 Å². The number of nitrogens with two attached hydrogens (primary N) is 1. The van der Waals surface area contributed by atoms with Crippen LogP contribution < -0.4 is 10.5 Å². The van der Waals surface area contributed by atoms with E-state index in [1.807, 2.05) is 0 Å². The Bertz CT molecular complexity index is 337. The van der Waals surface area contributed by atoms with E-state index < -0.39 is 18.6 Å². The lowest BCUT2D eigenvalue weighted by Crippen LogP contribution is -2.20. The van der Waals surface area contributed by atoms with Gasteiger partial charge in [0.1, 0.15) is 11.6 Å². The molecular weight excluding hydrogens is 214 g/mol. The monoisotopic (exact) mass is 223 g/mol. The minimum Gasteiger partial charge on any atom is -0.484 e. The predicted molar refractivity (Wildman–Crippen MR) is 45.8 cm³/mol. The number of hydrogen-bond donors (Lipinski definition) is 1. The fraction of sp³-hybridized carbons (Fsp3) is 0.333. The summed E-state index contributed by atoms with van der Waals surface area (Å²) in [5.41, 5.74) is 5.59. The molecule has 0 radical (unpaired) electrons. The first-order chi connectivity index (χ1) is 6.92. The van der Waals surface area contributed by atoms with E-state index in [-0.39, 0.29) is 12.3 Å². The van der Waals surface area contributed by atoms with Gasteiger partial charge in [-0.1, -0.05) is 6.07 Å². The third kappa shape index (κ3) is 3.75. The first-order valence-corrected chi connectivity index (χ1v) is 4.10. The maximum absolute atomic E-state index is 12.7. The second-order valence-corrected chi connectivity index (χ2v) is 2.86. The molecule has 0 fully saturated rings. The second kappa shape index (κ2) is 4.48. The van der Waals surface area contributed by atoms with Crippen molar-refractivity contribution in [3.05, 3.63) is 29.6 Å². The molecule has 0 aliphatic carbocycles. The zero-order valence-electron chi connectivity index (χ0n) is 7.64. The maximum Gasteiger partial charge on any atom is 0.422 e. The minimum absolute atomic E-state index is 0.00648. The predicted octanol–water partition coefficient (Wildman–Crippen LogP) is 2.23. The number of alkyl halides is 3. The van der Waals surface area contributed by atoms with Gasteiger partial charge in [-0.2, -0.15) is 13.2 Å². The third-order valence-electron chi connectivity index (χ3n) is 1.64. The summed E-state index contributed by atoms with van der Waals surface area (Å²) in [4.78, 5) is 0. The highest BCUT2D eigenvalue weighted by molar-refractivity contribution is 5.33. The van der Waals surface area contributed by atoms with Crippen LogP contribution in [0.25, 0.3) is 0 Å². The zero-order chi connectivity index (χ0) is 11.5. The molecule has 1 aromatic rings. The van der Waals surface area contributed by atoms with Crippen LogP contribution in [-0.4, -0.2) is 12.8 Å². The Balaban J connectivity index is 2.79. The molecule has 0 unspecified atom stereocenters. The second-order valence-electron chi connectivity index (χ2n) is 2.86. The highest BCUT2D eigenvalue weighted by Crippen LogP contribution is 2.22. The van der Waals surface area contributed by atoms with Gasteiger partial charge < -0.3 is 10.5 Å². The summed E-state index contributed by atoms with van der Waals surface area (Å²) in [6.45, 7) is -1.46. The van der Waals surface area contributed by atoms with Gasteiger partial charge >= 0.3 is 6.18 Å². The van der Waals surface area contributed by atoms with Crippen LogP contribution in [0.4, 0.5) is 17.6 Å². The van der Waals surface area contributed by atoms with E-state index >= 15 is 0 Å². The standard InChI is InChI=1S/C9H9F4NO/c10-7-2-1-6(4-14)8(3-7)15-5-9(11,12)13/h1-3H,4-5,14H2. The molecule has 0 bridgehead atoms. The van der Waals surface area contributed by atoms with Crippen LogP contribution in [0.5, 0.6) is 5.75 Å². The summed E-state index contributed by atoms with van der Waals surface area (Å²) in [7, 11) is 0. The van der Waals surface area contributed by atoms with Crippen LogP contribution in [0.2, 0.25) is 0 Å². The van der Waals surface area contributed by atoms with Crippen molar-refractivity contribution in [2.75, 3.05) is 6.61 Å². The molecule has 0 atom stereocenters. The van der Waals surface area contributed by atoms with Gasteiger partial charge in [-0.05, 0) is 6.07 Å². The van der Waals surface area contributed by atoms with Gasteiger partial charge in [0, 0.05) is 18.2 Å². The number of hydrogen-bond acceptors (Lipinski definition) is 2. The SMILES string of the molecule is NCc1ccc(F)cc1OCC(F)(F)F. The van der Waals surface area contributed by atoms with Gasteiger partial charge in [-0.15, -0.1) is 0 Å². The molecular formula is C9H9F4NO. The van der Waals surface area contributed by atoms with Crippen molar-refractivity contribution in [1.29, 1.82) is 0 Å². The number of rotatable bonds is 3. The van der Waals surface area contributed by atoms with Gasteiger partial charge in [-0.3, -0.25) is 0 Å². The Kier molecular flexibility index (Phi) is 3.52. The van der Waals surface area contributed by atoms with Crippen molar-refractivity contribution in [3.63, 3.8) is 0 Å². The molecule has 2 nitrogen and oxygen atoms in total. The molecule has 15 heavy (non-hydrogen) atoms. The van der Waals surface area contributed by atoms with Gasteiger partial charge in [0.15, 0.2) is 6.61 Å². The molecule has 1 aromatic carbocycles. The molecule has 0 saturated carbocycles. The summed E-state index contributed by atoms with van der Waals surface area (Å²) in [6.07, 6.45) is -4.45. The number of ether oxygens (including phenoxy) is 1. The lowest BCUT2D eigenvalue weighted by Gasteiger charge is -2.12. The number of halogens is 4. The van der Waals surface area contributed by atoms with Crippen molar-refractivity contribution >= 4 is 0 Å². The quantitative estimate of drug-likeness (QED) is 0.797. The van der Waals surface area contributed by atoms with Crippen LogP contribution in [0.3, 0.4) is 0 Å². The van der Waals surface area contributed by atoms with E-state index in [2.05, 4.69) is 4.74 Å². The van der Waals surface area contributed by atoms with Gasteiger partial charge in [0.05, 0.1) is 0 Å². The molecule has 2 N–H and O–H groups in total. The average Bonchev–Trinajstić information content (AvgIpc) is 2.14. The summed E-state index contributed by atoms with van der Waals surface area (Å²) < 4.78 is 52.6. The molecule has 0 spiro atoms. The normalized spacial score (nSPS) is 11.5. The molecule has 0 aliphatic heterocycles. The maximum atomic E-state index is 12.7. The Morgan fingerprint density at radius 2 is 1.93 bits per heavy atom. The minimum atomic E-state index is -4.45. The molecule has 0 amide bonds. The zero-order valence-corrected chi connectivity index (χ0v) is 7.64. The van der Waals surface area contributed by atoms with Crippen LogP contribution in [-0.2, 0) is 6.54 Å². The highest BCUT2D eigenvalue weighted by Gasteiger charge is 2.28. The van der Waals surface area contributed by atoms with E-state index in [0.29, 0.717) is 5.56 Å². The summed E-state index contributed by atoms with van der Waals surface area (Å²) in [5.74, 6) is -0.834. The number of benzene rings is 1. The largest absolute Gasteiger partial charge is 0.484 e. The molecule has 0 heterocycles. The third-order valence-corrected chi connectivity index (χ3v) is 1.64. The summed E-state index contributed by atoms with van der Waals surface area (Å²) in [6, 6.07) is 3.29. The van der Waals surface area contributed by atoms with Crippen molar-refractivity contribution < 1.29 is 22.3 Å². The van der Waals surface area contributed by atoms with Crippen molar-refractivity contribution in [3.8, 4) is 5.75 Å². The summed E-state index contributed by atoms with van der Waals surface area (Å²) in [5, 5.41) is 0. The van der Waals surface area contributed by atoms with Crippen molar-refractivity contribution in [2.45, 2.75) is 12.7 Å². The smallest absolute Gasteiger partial charge is 0.422 e. The Hall–Kier alpha value is -1.30. The molecule has 6 heteroatoms. The molecule has 0 aromatic heterocycles. The van der Waals surface area contributed by atoms with E-state index in [1.165, 1.54) is 6.07 Å². The Morgan fingerprint density at radius 3 is 2.47 bits per heavy atom. The molecule has 0 aliphatic rings. The van der Waals surface area contributed by atoms with Gasteiger partial charge in [0.2, 0.25) is 0 Å². The first kappa shape index (κ1) is 11.8. The Morgan fingerprint density at radius 1 is 1.27 bits per heavy atom. The van der Waals surface area contributed by atoms with Crippen LogP contribution in [0.1, 0.15) is 5.56 Å². The van der Waals surface area contributed by atoms with Gasteiger partial charge in [-0.25, -0.2) is 4.39 Å². The molecule has 0 saturated heterocycles. The average molecular weight is 223 g/mol. The van der Waals surface area contributed by atoms with E-state index in [9.17, 15) is 17.6 Å². The lowest BCUT2D eigenvalue weighted by molar-refractivity contribution is -0.153. The topological polar surface area (TPSA) is 35.2 Å². The van der Waals surface area contributed by atoms with E-state index in [0.717, 1.165) is 12.1 Å². The van der Waals surface area contributed by atoms with E-state index in [4.69, 9.17) is 5.73 Å². The van der Waals surface area contributed by atoms with Crippen LogP contribution >= 0.6 is 0 Å². The van der Waals surface area contributed by atoms with Crippen molar-refractivity contribution in [2.24, 2.45) is 5.73 Å². The lowest BCUT2D eigenvalue weighted by atomic mass is 10.2. The first-order valence-electron chi connectivity index (χ1n) is 4.10. The van der Waals surface area contributed by atoms with Crippen molar-refractivity contribution in [1.82, 2.24) is 0 Å².